The smallest absolute Gasteiger partial charge is 0.168 e. The number of aromatic nitrogens is 1. The molecular formula is C11H14Br2N+. The molecule has 0 saturated heterocycles. The third-order valence-electron chi connectivity index (χ3n) is 2.03. The highest BCUT2D eigenvalue weighted by molar-refractivity contribution is 9.13. The fourth-order valence-electron chi connectivity index (χ4n) is 1.50. The lowest BCUT2D eigenvalue weighted by Gasteiger charge is -2.00. The predicted octanol–water partition coefficient (Wildman–Crippen LogP) is 3.49. The normalized spacial score (nSPS) is 11.9. The number of allylic oxidation sites excluding steroid dienone is 1. The topological polar surface area (TPSA) is 3.88 Å². The molecule has 0 fully saturated rings. The average molecular weight is 320 g/mol. The van der Waals surface area contributed by atoms with Gasteiger partial charge in [-0.15, -0.1) is 0 Å². The summed E-state index contributed by atoms with van der Waals surface area (Å²) in [6, 6.07) is 4.36. The van der Waals surface area contributed by atoms with Crippen LogP contribution in [0.15, 0.2) is 16.6 Å². The molecule has 0 atom stereocenters. The Balaban J connectivity index is 3.21. The zero-order chi connectivity index (χ0) is 10.7. The van der Waals surface area contributed by atoms with Gasteiger partial charge in [-0.1, -0.05) is 15.9 Å². The van der Waals surface area contributed by atoms with Gasteiger partial charge in [0, 0.05) is 31.3 Å². The molecule has 14 heavy (non-hydrogen) atoms. The number of hydrogen-bond donors (Lipinski definition) is 0. The lowest BCUT2D eigenvalue weighted by Crippen LogP contribution is -2.34. The van der Waals surface area contributed by atoms with Crippen molar-refractivity contribution in [2.24, 2.45) is 0 Å². The van der Waals surface area contributed by atoms with Gasteiger partial charge in [0.15, 0.2) is 17.6 Å². The molecule has 0 spiro atoms. The predicted molar refractivity (Wildman–Crippen MR) is 67.8 cm³/mol. The number of hydrogen-bond acceptors (Lipinski definition) is 0. The van der Waals surface area contributed by atoms with Gasteiger partial charge in [-0.25, -0.2) is 0 Å². The number of halogens is 2. The van der Waals surface area contributed by atoms with Gasteiger partial charge in [0.2, 0.25) is 0 Å². The highest BCUT2D eigenvalue weighted by Crippen LogP contribution is 2.09. The van der Waals surface area contributed by atoms with Crippen molar-refractivity contribution >= 4 is 38.1 Å². The van der Waals surface area contributed by atoms with Crippen molar-refractivity contribution in [1.82, 2.24) is 0 Å². The third kappa shape index (κ3) is 2.92. The third-order valence-corrected chi connectivity index (χ3v) is 3.87. The summed E-state index contributed by atoms with van der Waals surface area (Å²) in [5.41, 5.74) is 3.81. The molecule has 0 aliphatic heterocycles. The van der Waals surface area contributed by atoms with Gasteiger partial charge in [-0.3, -0.25) is 0 Å². The molecule has 0 aliphatic carbocycles. The molecule has 76 valence electrons. The van der Waals surface area contributed by atoms with Crippen LogP contribution in [-0.4, -0.2) is 5.33 Å². The molecule has 0 aliphatic rings. The van der Waals surface area contributed by atoms with Crippen molar-refractivity contribution in [2.45, 2.75) is 20.8 Å². The first kappa shape index (κ1) is 11.9. The van der Waals surface area contributed by atoms with Gasteiger partial charge < -0.3 is 0 Å². The largest absolute Gasteiger partial charge is 0.185 e. The molecule has 0 N–H and O–H groups in total. The van der Waals surface area contributed by atoms with Gasteiger partial charge in [-0.05, 0) is 28.4 Å². The van der Waals surface area contributed by atoms with Gasteiger partial charge in [0.1, 0.15) is 0 Å². The number of alkyl halides is 1. The summed E-state index contributed by atoms with van der Waals surface area (Å²) in [4.78, 5) is 0. The van der Waals surface area contributed by atoms with Crippen LogP contribution in [0.3, 0.4) is 0 Å². The molecule has 0 amide bonds. The van der Waals surface area contributed by atoms with E-state index in [1.165, 1.54) is 17.0 Å². The van der Waals surface area contributed by atoms with Crippen molar-refractivity contribution in [2.75, 3.05) is 5.33 Å². The van der Waals surface area contributed by atoms with E-state index in [0.717, 1.165) is 9.81 Å². The molecule has 0 aromatic carbocycles. The standard InChI is InChI=1S/C11H14Br2N/c1-8-4-9(2)14(10(3)5-8)7-11(13)6-12/h4-5,7H,6H2,1-3H3/q+1. The SMILES string of the molecule is Cc1cc(C)[n+](C=C(Br)CBr)c(C)c1. The van der Waals surface area contributed by atoms with Gasteiger partial charge >= 0.3 is 0 Å². The Kier molecular flexibility index (Phi) is 4.32. The summed E-state index contributed by atoms with van der Waals surface area (Å²) >= 11 is 6.90. The van der Waals surface area contributed by atoms with E-state index in [2.05, 4.69) is 75.5 Å². The number of pyridine rings is 1. The summed E-state index contributed by atoms with van der Waals surface area (Å²) in [5, 5.41) is 0.840. The Morgan fingerprint density at radius 2 is 1.79 bits per heavy atom. The summed E-state index contributed by atoms with van der Waals surface area (Å²) in [7, 11) is 0. The van der Waals surface area contributed by atoms with Crippen molar-refractivity contribution in [1.29, 1.82) is 0 Å². The molecule has 0 unspecified atom stereocenters. The summed E-state index contributed by atoms with van der Waals surface area (Å²) in [6.45, 7) is 6.35. The molecule has 0 saturated carbocycles. The molecular weight excluding hydrogens is 306 g/mol. The van der Waals surface area contributed by atoms with Crippen LogP contribution in [0, 0.1) is 20.8 Å². The van der Waals surface area contributed by atoms with Crippen LogP contribution >= 0.6 is 31.9 Å². The average Bonchev–Trinajstić information content (AvgIpc) is 2.10. The Morgan fingerprint density at radius 3 is 2.21 bits per heavy atom. The molecule has 1 aromatic rings. The van der Waals surface area contributed by atoms with Crippen molar-refractivity contribution in [3.8, 4) is 0 Å². The van der Waals surface area contributed by atoms with Crippen LogP contribution in [0.4, 0.5) is 0 Å². The summed E-state index contributed by atoms with van der Waals surface area (Å²) in [6.07, 6.45) is 2.10. The Bertz CT molecular complexity index is 347. The Hall–Kier alpha value is -0.150. The second-order valence-electron chi connectivity index (χ2n) is 3.40. The fraction of sp³-hybridized carbons (Fsp3) is 0.364. The minimum atomic E-state index is 0.840. The van der Waals surface area contributed by atoms with Crippen LogP contribution in [0.5, 0.6) is 0 Å². The van der Waals surface area contributed by atoms with Gasteiger partial charge in [-0.2, -0.15) is 4.57 Å². The minimum absolute atomic E-state index is 0.840. The maximum absolute atomic E-state index is 3.49. The van der Waals surface area contributed by atoms with Gasteiger partial charge in [0.05, 0.1) is 4.48 Å². The molecule has 1 heterocycles. The number of aryl methyl sites for hydroxylation is 3. The maximum Gasteiger partial charge on any atom is 0.185 e. The van der Waals surface area contributed by atoms with Crippen LogP contribution in [0.2, 0.25) is 0 Å². The highest BCUT2D eigenvalue weighted by atomic mass is 79.9. The first-order valence-electron chi connectivity index (χ1n) is 4.46. The second-order valence-corrected chi connectivity index (χ2v) is 4.97. The van der Waals surface area contributed by atoms with Crippen LogP contribution in [0.1, 0.15) is 17.0 Å². The first-order chi connectivity index (χ1) is 6.54. The molecule has 0 bridgehead atoms. The van der Waals surface area contributed by atoms with Crippen LogP contribution in [0.25, 0.3) is 6.20 Å². The monoisotopic (exact) mass is 318 g/mol. The molecule has 1 nitrogen and oxygen atoms in total. The molecule has 1 rings (SSSR count). The van der Waals surface area contributed by atoms with Crippen molar-refractivity contribution < 1.29 is 4.57 Å². The van der Waals surface area contributed by atoms with E-state index in [0.29, 0.717) is 0 Å². The summed E-state index contributed by atoms with van der Waals surface area (Å²) < 4.78 is 3.32. The van der Waals surface area contributed by atoms with Crippen molar-refractivity contribution in [3.63, 3.8) is 0 Å². The molecule has 0 radical (unpaired) electrons. The minimum Gasteiger partial charge on any atom is -0.168 e. The lowest BCUT2D eigenvalue weighted by atomic mass is 10.2. The molecule has 1 aromatic heterocycles. The Labute approximate surface area is 102 Å². The zero-order valence-corrected chi connectivity index (χ0v) is 11.8. The van der Waals surface area contributed by atoms with E-state index < -0.39 is 0 Å². The van der Waals surface area contributed by atoms with E-state index in [-0.39, 0.29) is 0 Å². The maximum atomic E-state index is 3.49. The Morgan fingerprint density at radius 1 is 1.29 bits per heavy atom. The fourth-order valence-corrected chi connectivity index (χ4v) is 1.85. The van der Waals surface area contributed by atoms with Crippen LogP contribution in [-0.2, 0) is 0 Å². The van der Waals surface area contributed by atoms with E-state index in [4.69, 9.17) is 0 Å². The van der Waals surface area contributed by atoms with Gasteiger partial charge in [0.25, 0.3) is 0 Å². The number of nitrogens with zero attached hydrogens (tertiary/aromatic N) is 1. The second kappa shape index (κ2) is 5.08. The van der Waals surface area contributed by atoms with E-state index in [1.54, 1.807) is 0 Å². The van der Waals surface area contributed by atoms with Crippen LogP contribution < -0.4 is 4.57 Å². The lowest BCUT2D eigenvalue weighted by molar-refractivity contribution is -0.583. The zero-order valence-electron chi connectivity index (χ0n) is 8.64. The summed E-state index contributed by atoms with van der Waals surface area (Å²) in [5.74, 6) is 0. The quantitative estimate of drug-likeness (QED) is 0.580. The number of rotatable bonds is 2. The van der Waals surface area contributed by atoms with Crippen molar-refractivity contribution in [3.05, 3.63) is 33.6 Å². The highest BCUT2D eigenvalue weighted by Gasteiger charge is 2.09. The van der Waals surface area contributed by atoms with E-state index >= 15 is 0 Å². The van der Waals surface area contributed by atoms with E-state index in [9.17, 15) is 0 Å². The molecule has 3 heteroatoms. The van der Waals surface area contributed by atoms with E-state index in [1.807, 2.05) is 0 Å². The first-order valence-corrected chi connectivity index (χ1v) is 6.37.